The van der Waals surface area contributed by atoms with E-state index in [1.807, 2.05) is 30.3 Å². The predicted octanol–water partition coefficient (Wildman–Crippen LogP) is 3.53. The molecule has 0 aliphatic heterocycles. The number of nitrogens with zero attached hydrogens (tertiary/aromatic N) is 1. The summed E-state index contributed by atoms with van der Waals surface area (Å²) in [5.74, 6) is 0.361. The number of Topliss-reactive ketones (excluding diaryl/α,β-unsaturated/α-hetero) is 1. The molecule has 0 saturated carbocycles. The second kappa shape index (κ2) is 6.39. The van der Waals surface area contributed by atoms with Gasteiger partial charge in [0.2, 0.25) is 5.88 Å². The Kier molecular flexibility index (Phi) is 4.58. The Morgan fingerprint density at radius 3 is 2.60 bits per heavy atom. The van der Waals surface area contributed by atoms with E-state index in [9.17, 15) is 4.79 Å². The number of rotatable bonds is 5. The first-order valence-electron chi connectivity index (χ1n) is 6.04. The van der Waals surface area contributed by atoms with E-state index in [-0.39, 0.29) is 16.8 Å². The number of aromatic nitrogens is 1. The Balaban J connectivity index is 2.30. The third-order valence-corrected chi connectivity index (χ3v) is 2.90. The molecule has 2 aromatic rings. The van der Waals surface area contributed by atoms with Gasteiger partial charge in [0, 0.05) is 6.07 Å². The van der Waals surface area contributed by atoms with Crippen LogP contribution in [0.2, 0.25) is 5.15 Å². The number of benzene rings is 1. The molecule has 2 rings (SSSR count). The fourth-order valence-corrected chi connectivity index (χ4v) is 1.97. The Labute approximate surface area is 122 Å². The highest BCUT2D eigenvalue weighted by Crippen LogP contribution is 2.30. The van der Waals surface area contributed by atoms with Crippen molar-refractivity contribution >= 4 is 17.4 Å². The highest BCUT2D eigenvalue weighted by Gasteiger charge is 2.18. The molecule has 0 spiro atoms. The van der Waals surface area contributed by atoms with Crippen LogP contribution in [-0.4, -0.2) is 17.9 Å². The minimum Gasteiger partial charge on any atom is -0.488 e. The van der Waals surface area contributed by atoms with Crippen LogP contribution in [0.25, 0.3) is 0 Å². The molecule has 104 valence electrons. The summed E-state index contributed by atoms with van der Waals surface area (Å²) in [6.45, 7) is 1.77. The molecule has 5 heteroatoms. The maximum atomic E-state index is 11.7. The van der Waals surface area contributed by atoms with Gasteiger partial charge in [-0.15, -0.1) is 0 Å². The first-order chi connectivity index (χ1) is 9.61. The average Bonchev–Trinajstić information content (AvgIpc) is 2.45. The number of ketones is 1. The van der Waals surface area contributed by atoms with Crippen molar-refractivity contribution in [3.8, 4) is 11.6 Å². The molecule has 0 aliphatic rings. The van der Waals surface area contributed by atoms with Crippen LogP contribution in [0.3, 0.4) is 0 Å². The largest absolute Gasteiger partial charge is 0.488 e. The molecule has 4 nitrogen and oxygen atoms in total. The summed E-state index contributed by atoms with van der Waals surface area (Å²) in [5.41, 5.74) is 1.29. The molecule has 1 aromatic heterocycles. The molecular weight excluding hydrogens is 278 g/mol. The van der Waals surface area contributed by atoms with E-state index in [1.54, 1.807) is 0 Å². The zero-order valence-corrected chi connectivity index (χ0v) is 12.0. The lowest BCUT2D eigenvalue weighted by Crippen LogP contribution is -2.06. The van der Waals surface area contributed by atoms with E-state index in [1.165, 1.54) is 20.1 Å². The third kappa shape index (κ3) is 3.27. The van der Waals surface area contributed by atoms with Crippen molar-refractivity contribution in [3.63, 3.8) is 0 Å². The molecule has 0 unspecified atom stereocenters. The van der Waals surface area contributed by atoms with Gasteiger partial charge in [-0.2, -0.15) is 0 Å². The fraction of sp³-hybridized carbons (Fsp3) is 0.200. The molecule has 0 radical (unpaired) electrons. The van der Waals surface area contributed by atoms with Gasteiger partial charge in [-0.1, -0.05) is 41.9 Å². The molecule has 0 atom stereocenters. The molecule has 0 N–H and O–H groups in total. The number of ether oxygens (including phenoxy) is 2. The van der Waals surface area contributed by atoms with E-state index in [0.717, 1.165) is 5.56 Å². The van der Waals surface area contributed by atoms with Crippen LogP contribution in [0, 0.1) is 0 Å². The molecule has 0 bridgehead atoms. The second-order valence-corrected chi connectivity index (χ2v) is 4.55. The van der Waals surface area contributed by atoms with Crippen molar-refractivity contribution in [2.24, 2.45) is 0 Å². The lowest BCUT2D eigenvalue weighted by Gasteiger charge is -2.13. The van der Waals surface area contributed by atoms with Gasteiger partial charge in [-0.25, -0.2) is 4.98 Å². The molecule has 0 saturated heterocycles. The van der Waals surface area contributed by atoms with E-state index in [2.05, 4.69) is 4.98 Å². The standard InChI is InChI=1S/C15H14ClNO3/c1-10(18)14-12(8-13(16)17-15(14)19-2)20-9-11-6-4-3-5-7-11/h3-8H,9H2,1-2H3. The Morgan fingerprint density at radius 1 is 1.30 bits per heavy atom. The molecule has 0 fully saturated rings. The number of hydrogen-bond acceptors (Lipinski definition) is 4. The average molecular weight is 292 g/mol. The quantitative estimate of drug-likeness (QED) is 0.624. The van der Waals surface area contributed by atoms with Crippen molar-refractivity contribution in [1.82, 2.24) is 4.98 Å². The van der Waals surface area contributed by atoms with Crippen LogP contribution in [0.5, 0.6) is 11.6 Å². The van der Waals surface area contributed by atoms with Crippen molar-refractivity contribution in [2.75, 3.05) is 7.11 Å². The van der Waals surface area contributed by atoms with Crippen molar-refractivity contribution in [3.05, 3.63) is 52.7 Å². The predicted molar refractivity (Wildman–Crippen MR) is 76.6 cm³/mol. The lowest BCUT2D eigenvalue weighted by atomic mass is 10.1. The van der Waals surface area contributed by atoms with E-state index >= 15 is 0 Å². The molecule has 0 aliphatic carbocycles. The maximum Gasteiger partial charge on any atom is 0.229 e. The highest BCUT2D eigenvalue weighted by atomic mass is 35.5. The van der Waals surface area contributed by atoms with Gasteiger partial charge in [-0.3, -0.25) is 4.79 Å². The smallest absolute Gasteiger partial charge is 0.229 e. The SMILES string of the molecule is COc1nc(Cl)cc(OCc2ccccc2)c1C(C)=O. The van der Waals surface area contributed by atoms with Gasteiger partial charge >= 0.3 is 0 Å². The van der Waals surface area contributed by atoms with Crippen LogP contribution in [0.4, 0.5) is 0 Å². The van der Waals surface area contributed by atoms with Crippen LogP contribution >= 0.6 is 11.6 Å². The highest BCUT2D eigenvalue weighted by molar-refractivity contribution is 6.29. The second-order valence-electron chi connectivity index (χ2n) is 4.16. The number of methoxy groups -OCH3 is 1. The van der Waals surface area contributed by atoms with Crippen LogP contribution < -0.4 is 9.47 Å². The number of carbonyl (C=O) groups is 1. The molecule has 20 heavy (non-hydrogen) atoms. The third-order valence-electron chi connectivity index (χ3n) is 2.70. The van der Waals surface area contributed by atoms with Gasteiger partial charge in [0.05, 0.1) is 7.11 Å². The van der Waals surface area contributed by atoms with Crippen LogP contribution in [0.15, 0.2) is 36.4 Å². The minimum absolute atomic E-state index is 0.174. The number of pyridine rings is 1. The summed E-state index contributed by atoms with van der Waals surface area (Å²) < 4.78 is 10.8. The summed E-state index contributed by atoms with van der Waals surface area (Å²) in [4.78, 5) is 15.7. The minimum atomic E-state index is -0.186. The number of halogens is 1. The van der Waals surface area contributed by atoms with Gasteiger partial charge in [0.15, 0.2) is 5.78 Å². The van der Waals surface area contributed by atoms with Gasteiger partial charge in [-0.05, 0) is 12.5 Å². The topological polar surface area (TPSA) is 48.4 Å². The Bertz CT molecular complexity index is 614. The van der Waals surface area contributed by atoms with Crippen molar-refractivity contribution in [1.29, 1.82) is 0 Å². The van der Waals surface area contributed by atoms with E-state index in [0.29, 0.717) is 17.9 Å². The zero-order valence-electron chi connectivity index (χ0n) is 11.2. The molecule has 0 amide bonds. The summed E-state index contributed by atoms with van der Waals surface area (Å²) in [6, 6.07) is 11.2. The van der Waals surface area contributed by atoms with E-state index < -0.39 is 0 Å². The first kappa shape index (κ1) is 14.3. The number of hydrogen-bond donors (Lipinski definition) is 0. The Morgan fingerprint density at radius 2 is 2.00 bits per heavy atom. The summed E-state index contributed by atoms with van der Waals surface area (Å²) in [5, 5.41) is 0.218. The normalized spacial score (nSPS) is 10.2. The van der Waals surface area contributed by atoms with Gasteiger partial charge in [0.1, 0.15) is 23.1 Å². The van der Waals surface area contributed by atoms with Gasteiger partial charge in [0.25, 0.3) is 0 Å². The van der Waals surface area contributed by atoms with Gasteiger partial charge < -0.3 is 9.47 Å². The molecule has 1 heterocycles. The summed E-state index contributed by atoms with van der Waals surface area (Å²) in [6.07, 6.45) is 0. The monoisotopic (exact) mass is 291 g/mol. The van der Waals surface area contributed by atoms with Crippen LogP contribution in [0.1, 0.15) is 22.8 Å². The van der Waals surface area contributed by atoms with Crippen LogP contribution in [-0.2, 0) is 6.61 Å². The zero-order chi connectivity index (χ0) is 14.5. The molecule has 1 aromatic carbocycles. The summed E-state index contributed by atoms with van der Waals surface area (Å²) in [7, 11) is 1.44. The first-order valence-corrected chi connectivity index (χ1v) is 6.42. The fourth-order valence-electron chi connectivity index (χ4n) is 1.79. The summed E-state index contributed by atoms with van der Waals surface area (Å²) >= 11 is 5.90. The number of carbonyl (C=O) groups excluding carboxylic acids is 1. The Hall–Kier alpha value is -2.07. The van der Waals surface area contributed by atoms with Crippen molar-refractivity contribution < 1.29 is 14.3 Å². The molecular formula is C15H14ClNO3. The van der Waals surface area contributed by atoms with Crippen molar-refractivity contribution in [2.45, 2.75) is 13.5 Å². The maximum absolute atomic E-state index is 11.7. The lowest BCUT2D eigenvalue weighted by molar-refractivity contribution is 0.100. The van der Waals surface area contributed by atoms with E-state index in [4.69, 9.17) is 21.1 Å².